The van der Waals surface area contributed by atoms with Gasteiger partial charge in [-0.15, -0.1) is 0 Å². The van der Waals surface area contributed by atoms with Gasteiger partial charge in [0, 0.05) is 17.4 Å². The number of hydrogen-bond acceptors (Lipinski definition) is 3. The number of aliphatic hydroxyl groups excluding tert-OH is 1. The predicted octanol–water partition coefficient (Wildman–Crippen LogP) is 1.24. The standard InChI is InChI=1S/C12H14O4/c1-7-6-16-9-5-3-2-4-8(9)10(7)11(13)12(14)15/h2-5,7,10-11,13H,6H2,1H3,(H,14,15). The Labute approximate surface area is 93.5 Å². The molecule has 1 heterocycles. The summed E-state index contributed by atoms with van der Waals surface area (Å²) in [7, 11) is 0. The van der Waals surface area contributed by atoms with Crippen LogP contribution in [0.3, 0.4) is 0 Å². The van der Waals surface area contributed by atoms with Crippen LogP contribution in [0.25, 0.3) is 0 Å². The smallest absolute Gasteiger partial charge is 0.333 e. The van der Waals surface area contributed by atoms with Crippen molar-refractivity contribution in [1.29, 1.82) is 0 Å². The van der Waals surface area contributed by atoms with E-state index >= 15 is 0 Å². The SMILES string of the molecule is CC1COc2ccccc2C1C(O)C(=O)O. The van der Waals surface area contributed by atoms with E-state index < -0.39 is 18.0 Å². The van der Waals surface area contributed by atoms with Gasteiger partial charge in [-0.2, -0.15) is 0 Å². The molecule has 2 N–H and O–H groups in total. The number of fused-ring (bicyclic) bond motifs is 1. The van der Waals surface area contributed by atoms with Crippen molar-refractivity contribution in [3.05, 3.63) is 29.8 Å². The molecule has 1 aromatic carbocycles. The maximum atomic E-state index is 10.9. The van der Waals surface area contributed by atoms with Gasteiger partial charge >= 0.3 is 5.97 Å². The van der Waals surface area contributed by atoms with Crippen LogP contribution in [0.4, 0.5) is 0 Å². The van der Waals surface area contributed by atoms with Gasteiger partial charge in [0.15, 0.2) is 6.10 Å². The molecule has 16 heavy (non-hydrogen) atoms. The van der Waals surface area contributed by atoms with Crippen molar-refractivity contribution in [2.75, 3.05) is 6.61 Å². The Hall–Kier alpha value is -1.55. The highest BCUT2D eigenvalue weighted by Crippen LogP contribution is 2.38. The van der Waals surface area contributed by atoms with Gasteiger partial charge in [-0.1, -0.05) is 25.1 Å². The van der Waals surface area contributed by atoms with Gasteiger partial charge in [-0.05, 0) is 6.07 Å². The Kier molecular flexibility index (Phi) is 2.83. The van der Waals surface area contributed by atoms with Crippen molar-refractivity contribution < 1.29 is 19.7 Å². The fourth-order valence-corrected chi connectivity index (χ4v) is 2.15. The van der Waals surface area contributed by atoms with Crippen LogP contribution in [0.15, 0.2) is 24.3 Å². The number of carbonyl (C=O) groups is 1. The molecule has 4 nitrogen and oxygen atoms in total. The van der Waals surface area contributed by atoms with Gasteiger partial charge in [0.2, 0.25) is 0 Å². The Morgan fingerprint density at radius 1 is 1.50 bits per heavy atom. The normalized spacial score (nSPS) is 25.4. The Bertz CT molecular complexity index is 402. The summed E-state index contributed by atoms with van der Waals surface area (Å²) >= 11 is 0. The summed E-state index contributed by atoms with van der Waals surface area (Å²) in [6, 6.07) is 7.26. The van der Waals surface area contributed by atoms with E-state index in [2.05, 4.69) is 0 Å². The van der Waals surface area contributed by atoms with E-state index in [1.807, 2.05) is 25.1 Å². The molecule has 0 fully saturated rings. The highest BCUT2D eigenvalue weighted by atomic mass is 16.5. The topological polar surface area (TPSA) is 66.8 Å². The van der Waals surface area contributed by atoms with Crippen molar-refractivity contribution in [2.45, 2.75) is 18.9 Å². The minimum absolute atomic E-state index is 0.0130. The van der Waals surface area contributed by atoms with Gasteiger partial charge in [-0.3, -0.25) is 0 Å². The first-order chi connectivity index (χ1) is 7.61. The minimum atomic E-state index is -1.37. The summed E-state index contributed by atoms with van der Waals surface area (Å²) in [6.07, 6.45) is -1.37. The third-order valence-corrected chi connectivity index (χ3v) is 2.99. The van der Waals surface area contributed by atoms with E-state index in [4.69, 9.17) is 9.84 Å². The first-order valence-electron chi connectivity index (χ1n) is 5.24. The van der Waals surface area contributed by atoms with Crippen molar-refractivity contribution >= 4 is 5.97 Å². The number of para-hydroxylation sites is 1. The average molecular weight is 222 g/mol. The molecule has 0 aromatic heterocycles. The summed E-state index contributed by atoms with van der Waals surface area (Å²) < 4.78 is 5.49. The Balaban J connectivity index is 2.40. The number of carboxylic acid groups (broad SMARTS) is 1. The van der Waals surface area contributed by atoms with Gasteiger partial charge < -0.3 is 14.9 Å². The zero-order chi connectivity index (χ0) is 11.7. The molecule has 2 rings (SSSR count). The number of hydrogen-bond donors (Lipinski definition) is 2. The van der Waals surface area contributed by atoms with Crippen LogP contribution in [0.2, 0.25) is 0 Å². The lowest BCUT2D eigenvalue weighted by Crippen LogP contribution is -2.36. The van der Waals surface area contributed by atoms with Gasteiger partial charge in [0.05, 0.1) is 6.61 Å². The first-order valence-corrected chi connectivity index (χ1v) is 5.24. The second-order valence-electron chi connectivity index (χ2n) is 4.13. The molecule has 1 aromatic rings. The van der Waals surface area contributed by atoms with Crippen LogP contribution in [0.5, 0.6) is 5.75 Å². The minimum Gasteiger partial charge on any atom is -0.493 e. The first kappa shape index (κ1) is 11.0. The molecule has 0 aliphatic carbocycles. The lowest BCUT2D eigenvalue weighted by Gasteiger charge is -2.32. The molecule has 4 heteroatoms. The molecule has 0 bridgehead atoms. The summed E-state index contributed by atoms with van der Waals surface area (Å²) in [5.74, 6) is -0.928. The molecule has 3 unspecified atom stereocenters. The Morgan fingerprint density at radius 3 is 2.88 bits per heavy atom. The quantitative estimate of drug-likeness (QED) is 0.790. The molecule has 1 aliphatic heterocycles. The number of aliphatic carboxylic acids is 1. The van der Waals surface area contributed by atoms with E-state index in [-0.39, 0.29) is 5.92 Å². The van der Waals surface area contributed by atoms with Crippen LogP contribution in [0, 0.1) is 5.92 Å². The summed E-state index contributed by atoms with van der Waals surface area (Å²) in [5, 5.41) is 18.6. The van der Waals surface area contributed by atoms with Crippen molar-refractivity contribution in [1.82, 2.24) is 0 Å². The zero-order valence-corrected chi connectivity index (χ0v) is 8.96. The molecule has 86 valence electrons. The molecule has 0 amide bonds. The molecular weight excluding hydrogens is 208 g/mol. The second kappa shape index (κ2) is 4.14. The maximum Gasteiger partial charge on any atom is 0.333 e. The van der Waals surface area contributed by atoms with Crippen LogP contribution < -0.4 is 4.74 Å². The average Bonchev–Trinajstić information content (AvgIpc) is 2.28. The molecule has 0 spiro atoms. The molecule has 1 aliphatic rings. The van der Waals surface area contributed by atoms with Crippen molar-refractivity contribution in [3.8, 4) is 5.75 Å². The van der Waals surface area contributed by atoms with Crippen molar-refractivity contribution in [2.24, 2.45) is 5.92 Å². The van der Waals surface area contributed by atoms with E-state index in [9.17, 15) is 9.90 Å². The lowest BCUT2D eigenvalue weighted by atomic mass is 9.81. The number of ether oxygens (including phenoxy) is 1. The van der Waals surface area contributed by atoms with Gasteiger partial charge in [-0.25, -0.2) is 4.79 Å². The molecule has 0 saturated heterocycles. The van der Waals surface area contributed by atoms with E-state index in [1.165, 1.54) is 0 Å². The number of carboxylic acids is 1. The Morgan fingerprint density at radius 2 is 2.19 bits per heavy atom. The molecular formula is C12H14O4. The van der Waals surface area contributed by atoms with Crippen molar-refractivity contribution in [3.63, 3.8) is 0 Å². The molecule has 0 radical (unpaired) electrons. The van der Waals surface area contributed by atoms with Crippen LogP contribution in [-0.2, 0) is 4.79 Å². The van der Waals surface area contributed by atoms with E-state index in [0.717, 1.165) is 5.56 Å². The summed E-state index contributed by atoms with van der Waals surface area (Å²) in [5.41, 5.74) is 0.774. The zero-order valence-electron chi connectivity index (χ0n) is 8.96. The maximum absolute atomic E-state index is 10.9. The molecule has 0 saturated carbocycles. The van der Waals surface area contributed by atoms with E-state index in [0.29, 0.717) is 12.4 Å². The highest BCUT2D eigenvalue weighted by Gasteiger charge is 2.36. The lowest BCUT2D eigenvalue weighted by molar-refractivity contribution is -0.149. The predicted molar refractivity (Wildman–Crippen MR) is 57.5 cm³/mol. The molecule has 3 atom stereocenters. The van der Waals surface area contributed by atoms with Crippen LogP contribution in [0.1, 0.15) is 18.4 Å². The third-order valence-electron chi connectivity index (χ3n) is 2.99. The summed E-state index contributed by atoms with van der Waals surface area (Å²) in [4.78, 5) is 10.9. The number of rotatable bonds is 2. The van der Waals surface area contributed by atoms with Crippen LogP contribution in [-0.4, -0.2) is 28.9 Å². The summed E-state index contributed by atoms with van der Waals surface area (Å²) in [6.45, 7) is 2.32. The fraction of sp³-hybridized carbons (Fsp3) is 0.417. The third kappa shape index (κ3) is 1.76. The van der Waals surface area contributed by atoms with Gasteiger partial charge in [0.25, 0.3) is 0 Å². The fourth-order valence-electron chi connectivity index (χ4n) is 2.15. The highest BCUT2D eigenvalue weighted by molar-refractivity contribution is 5.74. The monoisotopic (exact) mass is 222 g/mol. The largest absolute Gasteiger partial charge is 0.493 e. The van der Waals surface area contributed by atoms with E-state index in [1.54, 1.807) is 6.07 Å². The van der Waals surface area contributed by atoms with Gasteiger partial charge in [0.1, 0.15) is 5.75 Å². The number of aliphatic hydroxyl groups is 1. The second-order valence-corrected chi connectivity index (χ2v) is 4.13. The van der Waals surface area contributed by atoms with Crippen LogP contribution >= 0.6 is 0 Å². The number of benzene rings is 1.